The van der Waals surface area contributed by atoms with E-state index in [1.54, 1.807) is 16.8 Å². The Labute approximate surface area is 123 Å². The summed E-state index contributed by atoms with van der Waals surface area (Å²) in [6.45, 7) is 3.83. The lowest BCUT2D eigenvalue weighted by Crippen LogP contribution is -2.30. The summed E-state index contributed by atoms with van der Waals surface area (Å²) in [6, 6.07) is 8.08. The quantitative estimate of drug-likeness (QED) is 0.939. The van der Waals surface area contributed by atoms with Gasteiger partial charge in [-0.2, -0.15) is 5.10 Å². The summed E-state index contributed by atoms with van der Waals surface area (Å²) in [4.78, 5) is 12.1. The molecule has 1 aliphatic rings. The van der Waals surface area contributed by atoms with Gasteiger partial charge in [0, 0.05) is 17.7 Å². The molecule has 3 rings (SSSR count). The molecule has 0 saturated heterocycles. The molecule has 1 heterocycles. The normalized spacial score (nSPS) is 14.5. The van der Waals surface area contributed by atoms with Crippen LogP contribution in [-0.2, 0) is 0 Å². The summed E-state index contributed by atoms with van der Waals surface area (Å²) >= 11 is 0. The lowest BCUT2D eigenvalue weighted by Gasteiger charge is -2.06. The molecule has 1 aromatic carbocycles. The zero-order valence-electron chi connectivity index (χ0n) is 12.1. The van der Waals surface area contributed by atoms with Crippen molar-refractivity contribution in [2.75, 3.05) is 0 Å². The minimum Gasteiger partial charge on any atom is -0.348 e. The molecule has 1 aromatic heterocycles. The summed E-state index contributed by atoms with van der Waals surface area (Å²) in [6.07, 6.45) is 2.22. The minimum atomic E-state index is -0.281. The highest BCUT2D eigenvalue weighted by Gasteiger charge is 2.29. The maximum Gasteiger partial charge on any atom is 0.272 e. The average Bonchev–Trinajstić information content (AvgIpc) is 3.18. The van der Waals surface area contributed by atoms with Crippen LogP contribution in [0.2, 0.25) is 0 Å². The third-order valence-electron chi connectivity index (χ3n) is 3.46. The van der Waals surface area contributed by atoms with E-state index in [0.717, 1.165) is 24.2 Å². The van der Waals surface area contributed by atoms with Gasteiger partial charge in [-0.1, -0.05) is 0 Å². The third-order valence-corrected chi connectivity index (χ3v) is 3.46. The number of rotatable bonds is 4. The SMILES string of the molecule is CC(C)NC(=O)c1cc(C2CC2)n(-c2ccc(F)cc2)n1. The number of nitrogens with zero attached hydrogens (tertiary/aromatic N) is 2. The number of amides is 1. The van der Waals surface area contributed by atoms with Crippen molar-refractivity contribution in [1.29, 1.82) is 0 Å². The van der Waals surface area contributed by atoms with Crippen LogP contribution >= 0.6 is 0 Å². The van der Waals surface area contributed by atoms with Crippen LogP contribution < -0.4 is 5.32 Å². The van der Waals surface area contributed by atoms with E-state index in [1.165, 1.54) is 12.1 Å². The van der Waals surface area contributed by atoms with E-state index in [-0.39, 0.29) is 17.8 Å². The van der Waals surface area contributed by atoms with Crippen molar-refractivity contribution < 1.29 is 9.18 Å². The van der Waals surface area contributed by atoms with Crippen molar-refractivity contribution in [3.8, 4) is 5.69 Å². The lowest BCUT2D eigenvalue weighted by atomic mass is 10.2. The fourth-order valence-electron chi connectivity index (χ4n) is 2.30. The number of hydrogen-bond acceptors (Lipinski definition) is 2. The van der Waals surface area contributed by atoms with Gasteiger partial charge in [-0.15, -0.1) is 0 Å². The van der Waals surface area contributed by atoms with Crippen LogP contribution in [0.4, 0.5) is 4.39 Å². The first-order valence-corrected chi connectivity index (χ1v) is 7.21. The molecule has 0 bridgehead atoms. The van der Waals surface area contributed by atoms with E-state index in [1.807, 2.05) is 19.9 Å². The number of aromatic nitrogens is 2. The molecule has 1 saturated carbocycles. The number of benzene rings is 1. The highest BCUT2D eigenvalue weighted by molar-refractivity contribution is 5.92. The molecule has 0 unspecified atom stereocenters. The Hall–Kier alpha value is -2.17. The highest BCUT2D eigenvalue weighted by atomic mass is 19.1. The maximum absolute atomic E-state index is 13.1. The monoisotopic (exact) mass is 287 g/mol. The van der Waals surface area contributed by atoms with Crippen molar-refractivity contribution in [2.24, 2.45) is 0 Å². The maximum atomic E-state index is 13.1. The molecule has 1 fully saturated rings. The van der Waals surface area contributed by atoms with Crippen LogP contribution in [-0.4, -0.2) is 21.7 Å². The molecule has 1 N–H and O–H groups in total. The van der Waals surface area contributed by atoms with Gasteiger partial charge in [0.1, 0.15) is 5.82 Å². The summed E-state index contributed by atoms with van der Waals surface area (Å²) in [5.41, 5.74) is 2.22. The number of nitrogens with one attached hydrogen (secondary N) is 1. The summed E-state index contributed by atoms with van der Waals surface area (Å²) < 4.78 is 14.8. The van der Waals surface area contributed by atoms with E-state index < -0.39 is 0 Å². The Morgan fingerprint density at radius 2 is 2.00 bits per heavy atom. The number of halogens is 1. The Balaban J connectivity index is 1.97. The largest absolute Gasteiger partial charge is 0.348 e. The summed E-state index contributed by atoms with van der Waals surface area (Å²) in [5, 5.41) is 7.25. The van der Waals surface area contributed by atoms with Crippen molar-refractivity contribution >= 4 is 5.91 Å². The lowest BCUT2D eigenvalue weighted by molar-refractivity contribution is 0.0937. The second-order valence-electron chi connectivity index (χ2n) is 5.75. The third kappa shape index (κ3) is 2.96. The van der Waals surface area contributed by atoms with Crippen LogP contribution in [0.3, 0.4) is 0 Å². The van der Waals surface area contributed by atoms with Crippen molar-refractivity contribution in [3.05, 3.63) is 47.5 Å². The van der Waals surface area contributed by atoms with Gasteiger partial charge in [-0.3, -0.25) is 4.79 Å². The molecular formula is C16H18FN3O. The minimum absolute atomic E-state index is 0.0675. The average molecular weight is 287 g/mol. The van der Waals surface area contributed by atoms with Gasteiger partial charge in [0.25, 0.3) is 5.91 Å². The Morgan fingerprint density at radius 3 is 2.57 bits per heavy atom. The van der Waals surface area contributed by atoms with E-state index in [4.69, 9.17) is 0 Å². The molecule has 1 aliphatic carbocycles. The first kappa shape index (κ1) is 13.8. The molecule has 2 aromatic rings. The van der Waals surface area contributed by atoms with Crippen molar-refractivity contribution in [2.45, 2.75) is 38.6 Å². The first-order valence-electron chi connectivity index (χ1n) is 7.21. The van der Waals surface area contributed by atoms with Gasteiger partial charge >= 0.3 is 0 Å². The molecule has 5 heteroatoms. The van der Waals surface area contributed by atoms with Crippen LogP contribution in [0.25, 0.3) is 5.69 Å². The molecular weight excluding hydrogens is 269 g/mol. The van der Waals surface area contributed by atoms with Crippen molar-refractivity contribution in [1.82, 2.24) is 15.1 Å². The zero-order chi connectivity index (χ0) is 15.0. The molecule has 4 nitrogen and oxygen atoms in total. The second kappa shape index (κ2) is 5.31. The van der Waals surface area contributed by atoms with Crippen LogP contribution in [0.1, 0.15) is 48.8 Å². The van der Waals surface area contributed by atoms with Gasteiger partial charge < -0.3 is 5.32 Å². The highest BCUT2D eigenvalue weighted by Crippen LogP contribution is 2.41. The van der Waals surface area contributed by atoms with E-state index in [0.29, 0.717) is 11.6 Å². The topological polar surface area (TPSA) is 46.9 Å². The molecule has 110 valence electrons. The Bertz CT molecular complexity index is 657. The molecule has 0 radical (unpaired) electrons. The van der Waals surface area contributed by atoms with Crippen LogP contribution in [0.5, 0.6) is 0 Å². The number of carbonyl (C=O) groups is 1. The molecule has 0 spiro atoms. The standard InChI is InChI=1S/C16H18FN3O/c1-10(2)18-16(21)14-9-15(11-3-4-11)20(19-14)13-7-5-12(17)6-8-13/h5-11H,3-4H2,1-2H3,(H,18,21). The molecule has 0 atom stereocenters. The molecule has 21 heavy (non-hydrogen) atoms. The van der Waals surface area contributed by atoms with Crippen LogP contribution in [0.15, 0.2) is 30.3 Å². The Morgan fingerprint density at radius 1 is 1.33 bits per heavy atom. The zero-order valence-corrected chi connectivity index (χ0v) is 12.1. The smallest absolute Gasteiger partial charge is 0.272 e. The van der Waals surface area contributed by atoms with Crippen LogP contribution in [0, 0.1) is 5.82 Å². The van der Waals surface area contributed by atoms with Gasteiger partial charge in [0.15, 0.2) is 5.69 Å². The fourth-order valence-corrected chi connectivity index (χ4v) is 2.30. The Kier molecular flexibility index (Phi) is 3.49. The number of carbonyl (C=O) groups excluding carboxylic acids is 1. The summed E-state index contributed by atoms with van der Waals surface area (Å²) in [5.74, 6) is -0.00688. The molecule has 0 aliphatic heterocycles. The van der Waals surface area contributed by atoms with Crippen molar-refractivity contribution in [3.63, 3.8) is 0 Å². The van der Waals surface area contributed by atoms with E-state index in [9.17, 15) is 9.18 Å². The van der Waals surface area contributed by atoms with Gasteiger partial charge in [-0.05, 0) is 57.0 Å². The fraction of sp³-hybridized carbons (Fsp3) is 0.375. The predicted octanol–water partition coefficient (Wildman–Crippen LogP) is 3.03. The van der Waals surface area contributed by atoms with Gasteiger partial charge in [0.2, 0.25) is 0 Å². The van der Waals surface area contributed by atoms with Gasteiger partial charge in [-0.25, -0.2) is 9.07 Å². The first-order chi connectivity index (χ1) is 10.0. The van der Waals surface area contributed by atoms with Gasteiger partial charge in [0.05, 0.1) is 5.69 Å². The van der Waals surface area contributed by atoms with E-state index >= 15 is 0 Å². The predicted molar refractivity (Wildman–Crippen MR) is 78.1 cm³/mol. The number of hydrogen-bond donors (Lipinski definition) is 1. The van der Waals surface area contributed by atoms with E-state index in [2.05, 4.69) is 10.4 Å². The second-order valence-corrected chi connectivity index (χ2v) is 5.75. The molecule has 1 amide bonds. The summed E-state index contributed by atoms with van der Waals surface area (Å²) in [7, 11) is 0.